The molecule has 5 heteroatoms. The second-order valence-electron chi connectivity index (χ2n) is 5.83. The molecule has 134 valence electrons. The van der Waals surface area contributed by atoms with E-state index in [9.17, 15) is 4.79 Å². The van der Waals surface area contributed by atoms with Crippen LogP contribution in [-0.2, 0) is 0 Å². The van der Waals surface area contributed by atoms with Gasteiger partial charge in [-0.15, -0.1) is 0 Å². The van der Waals surface area contributed by atoms with Gasteiger partial charge in [0.15, 0.2) is 0 Å². The summed E-state index contributed by atoms with van der Waals surface area (Å²) in [4.78, 5) is 18.8. The minimum absolute atomic E-state index is 0.0903. The van der Waals surface area contributed by atoms with Gasteiger partial charge in [-0.3, -0.25) is 9.78 Å². The highest BCUT2D eigenvalue weighted by Gasteiger charge is 2.16. The molecule has 0 saturated heterocycles. The van der Waals surface area contributed by atoms with Crippen LogP contribution in [0, 0.1) is 0 Å². The number of ether oxygens (including phenoxy) is 2. The smallest absolute Gasteiger partial charge is 0.272 e. The Bertz CT molecular complexity index is 895. The molecule has 0 aliphatic rings. The Hall–Kier alpha value is -3.08. The van der Waals surface area contributed by atoms with Gasteiger partial charge in [0.25, 0.3) is 5.91 Å². The van der Waals surface area contributed by atoms with Gasteiger partial charge in [0.1, 0.15) is 23.8 Å². The largest absolute Gasteiger partial charge is 0.497 e. The topological polar surface area (TPSA) is 51.7 Å². The number of pyridine rings is 1. The van der Waals surface area contributed by atoms with Gasteiger partial charge in [-0.1, -0.05) is 30.3 Å². The number of benzene rings is 2. The van der Waals surface area contributed by atoms with Crippen LogP contribution in [0.15, 0.2) is 60.8 Å². The van der Waals surface area contributed by atoms with Crippen molar-refractivity contribution in [1.29, 1.82) is 0 Å². The van der Waals surface area contributed by atoms with Crippen molar-refractivity contribution >= 4 is 16.7 Å². The fourth-order valence-electron chi connectivity index (χ4n) is 2.73. The maximum atomic E-state index is 12.8. The molecule has 26 heavy (non-hydrogen) atoms. The van der Waals surface area contributed by atoms with Crippen LogP contribution >= 0.6 is 0 Å². The summed E-state index contributed by atoms with van der Waals surface area (Å²) in [5, 5.41) is 2.03. The van der Waals surface area contributed by atoms with Crippen molar-refractivity contribution in [3.8, 4) is 11.5 Å². The molecule has 0 radical (unpaired) electrons. The standard InChI is InChI=1S/C21H22N2O3/c1-3-23(11-12-26-19-10-6-9-18(14-19)25-2)21(24)20-13-16-7-4-5-8-17(16)15-22-20/h4-10,13-15H,3,11-12H2,1-2H3. The lowest BCUT2D eigenvalue weighted by Gasteiger charge is -2.21. The van der Waals surface area contributed by atoms with Crippen molar-refractivity contribution in [3.63, 3.8) is 0 Å². The monoisotopic (exact) mass is 350 g/mol. The van der Waals surface area contributed by atoms with Crippen LogP contribution in [0.3, 0.4) is 0 Å². The fraction of sp³-hybridized carbons (Fsp3) is 0.238. The predicted octanol–water partition coefficient (Wildman–Crippen LogP) is 3.78. The van der Waals surface area contributed by atoms with Crippen molar-refractivity contribution in [1.82, 2.24) is 9.88 Å². The van der Waals surface area contributed by atoms with E-state index in [-0.39, 0.29) is 5.91 Å². The Morgan fingerprint density at radius 3 is 2.58 bits per heavy atom. The van der Waals surface area contributed by atoms with Crippen LogP contribution in [0.25, 0.3) is 10.8 Å². The van der Waals surface area contributed by atoms with Crippen LogP contribution in [0.1, 0.15) is 17.4 Å². The molecule has 1 aromatic heterocycles. The zero-order valence-electron chi connectivity index (χ0n) is 15.0. The molecule has 5 nitrogen and oxygen atoms in total. The van der Waals surface area contributed by atoms with Crippen LogP contribution in [-0.4, -0.2) is 42.6 Å². The molecule has 0 N–H and O–H groups in total. The fourth-order valence-corrected chi connectivity index (χ4v) is 2.73. The minimum atomic E-state index is -0.0903. The first-order valence-electron chi connectivity index (χ1n) is 8.62. The van der Waals surface area contributed by atoms with Gasteiger partial charge in [0.2, 0.25) is 0 Å². The average molecular weight is 350 g/mol. The van der Waals surface area contributed by atoms with E-state index in [1.54, 1.807) is 18.2 Å². The Kier molecular flexibility index (Phi) is 5.69. The molecule has 0 saturated carbocycles. The summed E-state index contributed by atoms with van der Waals surface area (Å²) in [6, 6.07) is 17.1. The number of amides is 1. The van der Waals surface area contributed by atoms with E-state index in [0.717, 1.165) is 22.3 Å². The molecule has 0 unspecified atom stereocenters. The van der Waals surface area contributed by atoms with E-state index in [0.29, 0.717) is 25.4 Å². The lowest BCUT2D eigenvalue weighted by molar-refractivity contribution is 0.0734. The Balaban J connectivity index is 1.64. The summed E-state index contributed by atoms with van der Waals surface area (Å²) < 4.78 is 10.9. The van der Waals surface area contributed by atoms with Gasteiger partial charge in [-0.25, -0.2) is 0 Å². The third kappa shape index (κ3) is 4.11. The Morgan fingerprint density at radius 1 is 1.04 bits per heavy atom. The molecule has 3 aromatic rings. The van der Waals surface area contributed by atoms with Crippen LogP contribution in [0.2, 0.25) is 0 Å². The van der Waals surface area contributed by atoms with E-state index in [4.69, 9.17) is 9.47 Å². The van der Waals surface area contributed by atoms with Crippen molar-refractivity contribution < 1.29 is 14.3 Å². The lowest BCUT2D eigenvalue weighted by atomic mass is 10.1. The van der Waals surface area contributed by atoms with Crippen molar-refractivity contribution in [2.45, 2.75) is 6.92 Å². The number of fused-ring (bicyclic) bond motifs is 1. The van der Waals surface area contributed by atoms with Gasteiger partial charge >= 0.3 is 0 Å². The lowest BCUT2D eigenvalue weighted by Crippen LogP contribution is -2.35. The number of rotatable bonds is 7. The number of aromatic nitrogens is 1. The highest BCUT2D eigenvalue weighted by atomic mass is 16.5. The van der Waals surface area contributed by atoms with Gasteiger partial charge in [0.05, 0.1) is 13.7 Å². The maximum Gasteiger partial charge on any atom is 0.272 e. The van der Waals surface area contributed by atoms with Crippen LogP contribution in [0.5, 0.6) is 11.5 Å². The van der Waals surface area contributed by atoms with Crippen molar-refractivity contribution in [2.75, 3.05) is 26.8 Å². The predicted molar refractivity (Wildman–Crippen MR) is 102 cm³/mol. The zero-order chi connectivity index (χ0) is 18.4. The number of hydrogen-bond donors (Lipinski definition) is 0. The summed E-state index contributed by atoms with van der Waals surface area (Å²) in [5.41, 5.74) is 0.451. The van der Waals surface area contributed by atoms with E-state index < -0.39 is 0 Å². The molecule has 1 heterocycles. The van der Waals surface area contributed by atoms with Gasteiger partial charge in [-0.05, 0) is 30.5 Å². The number of hydrogen-bond acceptors (Lipinski definition) is 4. The molecule has 2 aromatic carbocycles. The van der Waals surface area contributed by atoms with E-state index >= 15 is 0 Å². The number of nitrogens with zero attached hydrogens (tertiary/aromatic N) is 2. The molecule has 1 amide bonds. The van der Waals surface area contributed by atoms with E-state index in [2.05, 4.69) is 4.98 Å². The van der Waals surface area contributed by atoms with Gasteiger partial charge in [-0.2, -0.15) is 0 Å². The summed E-state index contributed by atoms with van der Waals surface area (Å²) >= 11 is 0. The first kappa shape index (κ1) is 17.7. The van der Waals surface area contributed by atoms with Crippen LogP contribution < -0.4 is 9.47 Å². The second kappa shape index (κ2) is 8.34. The summed E-state index contributed by atoms with van der Waals surface area (Å²) in [5.74, 6) is 1.37. The third-order valence-electron chi connectivity index (χ3n) is 4.19. The quantitative estimate of drug-likeness (QED) is 0.651. The molecule has 0 aliphatic carbocycles. The normalized spacial score (nSPS) is 10.5. The zero-order valence-corrected chi connectivity index (χ0v) is 15.0. The van der Waals surface area contributed by atoms with Gasteiger partial charge in [0, 0.05) is 24.2 Å². The Morgan fingerprint density at radius 2 is 1.81 bits per heavy atom. The van der Waals surface area contributed by atoms with Crippen LogP contribution in [0.4, 0.5) is 0 Å². The maximum absolute atomic E-state index is 12.8. The average Bonchev–Trinajstić information content (AvgIpc) is 2.70. The highest BCUT2D eigenvalue weighted by Crippen LogP contribution is 2.19. The number of carbonyl (C=O) groups is 1. The van der Waals surface area contributed by atoms with Crippen molar-refractivity contribution in [3.05, 3.63) is 66.5 Å². The van der Waals surface area contributed by atoms with E-state index in [1.165, 1.54) is 0 Å². The second-order valence-corrected chi connectivity index (χ2v) is 5.83. The first-order chi connectivity index (χ1) is 12.7. The molecule has 0 fully saturated rings. The number of carbonyl (C=O) groups excluding carboxylic acids is 1. The summed E-state index contributed by atoms with van der Waals surface area (Å²) in [7, 11) is 1.62. The number of methoxy groups -OCH3 is 1. The molecular formula is C21H22N2O3. The molecule has 0 spiro atoms. The molecular weight excluding hydrogens is 328 g/mol. The minimum Gasteiger partial charge on any atom is -0.497 e. The third-order valence-corrected chi connectivity index (χ3v) is 4.19. The van der Waals surface area contributed by atoms with Gasteiger partial charge < -0.3 is 14.4 Å². The molecule has 3 rings (SSSR count). The summed E-state index contributed by atoms with van der Waals surface area (Å²) in [6.07, 6.45) is 1.74. The van der Waals surface area contributed by atoms with Crippen molar-refractivity contribution in [2.24, 2.45) is 0 Å². The number of likely N-dealkylation sites (N-methyl/N-ethyl adjacent to an activating group) is 1. The summed E-state index contributed by atoms with van der Waals surface area (Å²) in [6.45, 7) is 3.43. The Labute approximate surface area is 153 Å². The highest BCUT2D eigenvalue weighted by molar-refractivity contribution is 5.96. The molecule has 0 atom stereocenters. The first-order valence-corrected chi connectivity index (χ1v) is 8.62. The molecule has 0 bridgehead atoms. The van der Waals surface area contributed by atoms with E-state index in [1.807, 2.05) is 61.5 Å². The molecule has 0 aliphatic heterocycles. The SMILES string of the molecule is CCN(CCOc1cccc(OC)c1)C(=O)c1cc2ccccc2cn1.